The standard InChI is InChI=1S/C35H25N5O3.Pt/c1-22-13-14-36-34(15-22)39-32-10-5-4-9-30(32)31-12-11-29(19-33(31)39)43-28-8-6-7-26(18-28)38-21-25(20-37-38)35-23(2)16-27(40(41)42)17-24(35)3;/h4-17,20-21H,1-3H3;/q-2;+2. The first kappa shape index (κ1) is 29.0. The van der Waals surface area contributed by atoms with Gasteiger partial charge in [-0.25, -0.2) is 4.98 Å². The van der Waals surface area contributed by atoms with Crippen LogP contribution in [0.5, 0.6) is 11.5 Å². The number of aromatic nitrogens is 4. The van der Waals surface area contributed by atoms with Crippen molar-refractivity contribution in [2.75, 3.05) is 0 Å². The molecule has 0 aliphatic heterocycles. The molecule has 0 unspecified atom stereocenters. The minimum atomic E-state index is -0.373. The molecule has 3 aromatic heterocycles. The van der Waals surface area contributed by atoms with Gasteiger partial charge in [-0.15, -0.1) is 35.7 Å². The van der Waals surface area contributed by atoms with Crippen molar-refractivity contribution < 1.29 is 30.7 Å². The number of nitro benzene ring substituents is 1. The van der Waals surface area contributed by atoms with Gasteiger partial charge < -0.3 is 9.30 Å². The summed E-state index contributed by atoms with van der Waals surface area (Å²) >= 11 is 0. The van der Waals surface area contributed by atoms with Crippen molar-refractivity contribution in [1.82, 2.24) is 19.3 Å². The Morgan fingerprint density at radius 3 is 2.41 bits per heavy atom. The molecule has 0 fully saturated rings. The monoisotopic (exact) mass is 758 g/mol. The zero-order valence-electron chi connectivity index (χ0n) is 24.0. The summed E-state index contributed by atoms with van der Waals surface area (Å²) in [5.74, 6) is 1.89. The van der Waals surface area contributed by atoms with Gasteiger partial charge in [0.25, 0.3) is 5.69 Å². The van der Waals surface area contributed by atoms with Gasteiger partial charge in [0.1, 0.15) is 5.82 Å². The maximum atomic E-state index is 11.3. The average molecular weight is 759 g/mol. The predicted octanol–water partition coefficient (Wildman–Crippen LogP) is 8.26. The number of ether oxygens (including phenoxy) is 1. The Balaban J connectivity index is 0.00000343. The molecule has 218 valence electrons. The van der Waals surface area contributed by atoms with E-state index < -0.39 is 0 Å². The summed E-state index contributed by atoms with van der Waals surface area (Å²) in [5.41, 5.74) is 7.23. The van der Waals surface area contributed by atoms with Gasteiger partial charge in [-0.2, -0.15) is 17.2 Å². The van der Waals surface area contributed by atoms with Gasteiger partial charge in [-0.05, 0) is 72.3 Å². The number of fused-ring (bicyclic) bond motifs is 3. The molecule has 9 heteroatoms. The maximum Gasteiger partial charge on any atom is 2.00 e. The number of rotatable bonds is 6. The van der Waals surface area contributed by atoms with Crippen LogP contribution in [0.25, 0.3) is 44.4 Å². The van der Waals surface area contributed by atoms with Crippen LogP contribution >= 0.6 is 0 Å². The van der Waals surface area contributed by atoms with Crippen LogP contribution in [0.15, 0.2) is 97.5 Å². The molecular weight excluding hydrogens is 733 g/mol. The summed E-state index contributed by atoms with van der Waals surface area (Å²) in [6.07, 6.45) is 5.46. The summed E-state index contributed by atoms with van der Waals surface area (Å²) in [7, 11) is 0. The Hall–Kier alpha value is -5.07. The normalized spacial score (nSPS) is 11.1. The first-order valence-corrected chi connectivity index (χ1v) is 13.8. The summed E-state index contributed by atoms with van der Waals surface area (Å²) in [6.45, 7) is 5.79. The van der Waals surface area contributed by atoms with E-state index in [1.165, 1.54) is 0 Å². The molecule has 0 atom stereocenters. The summed E-state index contributed by atoms with van der Waals surface area (Å²) < 4.78 is 10.1. The largest absolute Gasteiger partial charge is 2.00 e. The van der Waals surface area contributed by atoms with Crippen LogP contribution in [0.4, 0.5) is 5.69 Å². The van der Waals surface area contributed by atoms with Crippen LogP contribution in [-0.4, -0.2) is 24.3 Å². The molecule has 8 nitrogen and oxygen atoms in total. The van der Waals surface area contributed by atoms with E-state index in [1.54, 1.807) is 23.0 Å². The third-order valence-corrected chi connectivity index (χ3v) is 7.51. The third-order valence-electron chi connectivity index (χ3n) is 7.51. The molecule has 7 aromatic rings. The minimum absolute atomic E-state index is 0. The SMILES string of the molecule is Cc1ccnc(-n2c3[c-]c(Oc4[c-]c(-n5cc(-c6c(C)cc([N+](=O)[O-])cc6C)cn5)ccc4)ccc3c3ccccc32)c1.[Pt+2]. The van der Waals surface area contributed by atoms with Crippen LogP contribution in [0, 0.1) is 43.0 Å². The Labute approximate surface area is 268 Å². The molecule has 0 aliphatic carbocycles. The molecule has 0 bridgehead atoms. The second-order valence-corrected chi connectivity index (χ2v) is 10.5. The van der Waals surface area contributed by atoms with Crippen molar-refractivity contribution in [2.45, 2.75) is 20.8 Å². The Morgan fingerprint density at radius 2 is 1.64 bits per heavy atom. The second kappa shape index (κ2) is 11.5. The van der Waals surface area contributed by atoms with Gasteiger partial charge in [-0.3, -0.25) is 14.8 Å². The number of hydrogen-bond acceptors (Lipinski definition) is 5. The summed E-state index contributed by atoms with van der Waals surface area (Å²) in [4.78, 5) is 15.5. The van der Waals surface area contributed by atoms with Crippen LogP contribution in [-0.2, 0) is 21.1 Å². The van der Waals surface area contributed by atoms with Crippen molar-refractivity contribution >= 4 is 27.5 Å². The average Bonchev–Trinajstić information content (AvgIpc) is 3.60. The molecule has 3 heterocycles. The second-order valence-electron chi connectivity index (χ2n) is 10.5. The van der Waals surface area contributed by atoms with E-state index in [2.05, 4.69) is 51.9 Å². The van der Waals surface area contributed by atoms with Crippen molar-refractivity contribution in [3.63, 3.8) is 0 Å². The van der Waals surface area contributed by atoms with E-state index in [4.69, 9.17) is 4.74 Å². The van der Waals surface area contributed by atoms with Gasteiger partial charge in [0, 0.05) is 47.1 Å². The van der Waals surface area contributed by atoms with E-state index in [9.17, 15) is 10.1 Å². The Morgan fingerprint density at radius 1 is 0.864 bits per heavy atom. The van der Waals surface area contributed by atoms with Crippen LogP contribution in [0.2, 0.25) is 0 Å². The van der Waals surface area contributed by atoms with E-state index in [0.717, 1.165) is 55.4 Å². The van der Waals surface area contributed by atoms with Gasteiger partial charge in [0.2, 0.25) is 0 Å². The van der Waals surface area contributed by atoms with E-state index in [0.29, 0.717) is 17.2 Å². The minimum Gasteiger partial charge on any atom is -0.509 e. The van der Waals surface area contributed by atoms with E-state index in [1.807, 2.05) is 74.8 Å². The van der Waals surface area contributed by atoms with Gasteiger partial charge in [0.15, 0.2) is 0 Å². The summed E-state index contributed by atoms with van der Waals surface area (Å²) in [6, 6.07) is 31.8. The van der Waals surface area contributed by atoms with Crippen molar-refractivity contribution in [1.29, 1.82) is 0 Å². The van der Waals surface area contributed by atoms with E-state index >= 15 is 0 Å². The smallest absolute Gasteiger partial charge is 0.509 e. The third kappa shape index (κ3) is 5.18. The number of nitrogens with zero attached hydrogens (tertiary/aromatic N) is 5. The molecule has 0 spiro atoms. The topological polar surface area (TPSA) is 88.0 Å². The van der Waals surface area contributed by atoms with Crippen LogP contribution in [0.3, 0.4) is 0 Å². The number of para-hydroxylation sites is 1. The number of benzene rings is 4. The van der Waals surface area contributed by atoms with E-state index in [-0.39, 0.29) is 31.7 Å². The predicted molar refractivity (Wildman–Crippen MR) is 166 cm³/mol. The Kier molecular flexibility index (Phi) is 7.62. The van der Waals surface area contributed by atoms with Crippen molar-refractivity contribution in [3.05, 3.63) is 136 Å². The quantitative estimate of drug-likeness (QED) is 0.0969. The molecule has 44 heavy (non-hydrogen) atoms. The maximum absolute atomic E-state index is 11.3. The first-order chi connectivity index (χ1) is 20.9. The Bertz CT molecular complexity index is 2180. The molecule has 4 aromatic carbocycles. The number of non-ortho nitro benzene ring substituents is 1. The molecular formula is C35H25N5O3Pt. The number of pyridine rings is 1. The van der Waals surface area contributed by atoms with Gasteiger partial charge in [0.05, 0.1) is 11.1 Å². The molecule has 0 saturated heterocycles. The fourth-order valence-corrected chi connectivity index (χ4v) is 5.65. The molecule has 7 rings (SSSR count). The van der Waals surface area contributed by atoms with Crippen LogP contribution in [0.1, 0.15) is 16.7 Å². The van der Waals surface area contributed by atoms with Crippen LogP contribution < -0.4 is 4.74 Å². The number of nitro groups is 1. The fraction of sp³-hybridized carbons (Fsp3) is 0.0857. The first-order valence-electron chi connectivity index (χ1n) is 13.8. The zero-order chi connectivity index (χ0) is 29.7. The molecule has 0 N–H and O–H groups in total. The summed E-state index contributed by atoms with van der Waals surface area (Å²) in [5, 5.41) is 18.0. The molecule has 0 saturated carbocycles. The molecule has 0 radical (unpaired) electrons. The molecule has 0 amide bonds. The van der Waals surface area contributed by atoms with Gasteiger partial charge >= 0.3 is 21.1 Å². The number of hydrogen-bond donors (Lipinski definition) is 0. The zero-order valence-corrected chi connectivity index (χ0v) is 26.3. The van der Waals surface area contributed by atoms with Gasteiger partial charge in [-0.1, -0.05) is 23.7 Å². The van der Waals surface area contributed by atoms with Crippen molar-refractivity contribution in [2.24, 2.45) is 0 Å². The fourth-order valence-electron chi connectivity index (χ4n) is 5.65. The number of aryl methyl sites for hydroxylation is 3. The van der Waals surface area contributed by atoms with Crippen molar-refractivity contribution in [3.8, 4) is 34.1 Å². The molecule has 0 aliphatic rings.